The van der Waals surface area contributed by atoms with E-state index in [4.69, 9.17) is 4.74 Å². The zero-order valence-corrected chi connectivity index (χ0v) is 10.4. The molecule has 0 radical (unpaired) electrons. The van der Waals surface area contributed by atoms with Crippen molar-refractivity contribution in [2.75, 3.05) is 13.2 Å². The van der Waals surface area contributed by atoms with Crippen molar-refractivity contribution in [1.29, 1.82) is 0 Å². The van der Waals surface area contributed by atoms with Gasteiger partial charge in [0.25, 0.3) is 0 Å². The van der Waals surface area contributed by atoms with Crippen molar-refractivity contribution in [3.8, 4) is 5.75 Å². The van der Waals surface area contributed by atoms with Crippen LogP contribution in [0.1, 0.15) is 50.3 Å². The minimum Gasteiger partial charge on any atom is -0.494 e. The second-order valence-corrected chi connectivity index (χ2v) is 4.49. The van der Waals surface area contributed by atoms with E-state index in [2.05, 4.69) is 37.4 Å². The van der Waals surface area contributed by atoms with Crippen LogP contribution in [0.2, 0.25) is 0 Å². The lowest BCUT2D eigenvalue weighted by atomic mass is 9.86. The molecule has 2 rings (SSSR count). The summed E-state index contributed by atoms with van der Waals surface area (Å²) in [5, 5.41) is 3.59. The molecular weight excluding hydrogens is 198 g/mol. The topological polar surface area (TPSA) is 21.3 Å². The van der Waals surface area contributed by atoms with E-state index in [1.54, 1.807) is 0 Å². The lowest BCUT2D eigenvalue weighted by molar-refractivity contribution is 0.338. The highest BCUT2D eigenvalue weighted by Gasteiger charge is 2.23. The molecule has 1 aromatic carbocycles. The number of ether oxygens (including phenoxy) is 1. The van der Waals surface area contributed by atoms with Gasteiger partial charge in [-0.25, -0.2) is 0 Å². The molecule has 2 unspecified atom stereocenters. The highest BCUT2D eigenvalue weighted by atomic mass is 16.5. The first kappa shape index (κ1) is 11.5. The monoisotopic (exact) mass is 219 g/mol. The third-order valence-electron chi connectivity index (χ3n) is 3.35. The molecule has 1 aliphatic heterocycles. The van der Waals surface area contributed by atoms with Gasteiger partial charge in [-0.15, -0.1) is 0 Å². The summed E-state index contributed by atoms with van der Waals surface area (Å²) < 4.78 is 5.57. The molecule has 1 aliphatic rings. The Balaban J connectivity index is 2.36. The third kappa shape index (κ3) is 2.07. The molecule has 2 heteroatoms. The average Bonchev–Trinajstić information content (AvgIpc) is 2.30. The lowest BCUT2D eigenvalue weighted by Gasteiger charge is -2.30. The number of benzene rings is 1. The van der Waals surface area contributed by atoms with E-state index in [1.807, 2.05) is 6.92 Å². The Labute approximate surface area is 98.0 Å². The van der Waals surface area contributed by atoms with Crippen molar-refractivity contribution in [3.05, 3.63) is 29.3 Å². The van der Waals surface area contributed by atoms with Crippen molar-refractivity contribution >= 4 is 0 Å². The lowest BCUT2D eigenvalue weighted by Crippen LogP contribution is -2.31. The number of rotatable bonds is 3. The van der Waals surface area contributed by atoms with Crippen LogP contribution in [0.4, 0.5) is 0 Å². The van der Waals surface area contributed by atoms with Gasteiger partial charge in [-0.3, -0.25) is 0 Å². The molecule has 0 aliphatic carbocycles. The van der Waals surface area contributed by atoms with Gasteiger partial charge in [0.1, 0.15) is 5.75 Å². The Morgan fingerprint density at radius 3 is 2.81 bits per heavy atom. The Hall–Kier alpha value is -1.02. The van der Waals surface area contributed by atoms with Crippen LogP contribution >= 0.6 is 0 Å². The highest BCUT2D eigenvalue weighted by molar-refractivity contribution is 5.41. The standard InChI is InChI=1S/C14H21NO/c1-4-14-13-8-11(16-5-2)6-7-12(13)10(3)9-15-14/h6-8,10,14-15H,4-5,9H2,1-3H3. The van der Waals surface area contributed by atoms with Gasteiger partial charge in [0.15, 0.2) is 0 Å². The quantitative estimate of drug-likeness (QED) is 0.842. The van der Waals surface area contributed by atoms with Crippen LogP contribution in [0.5, 0.6) is 5.75 Å². The zero-order chi connectivity index (χ0) is 11.5. The molecule has 2 nitrogen and oxygen atoms in total. The van der Waals surface area contributed by atoms with Gasteiger partial charge in [0, 0.05) is 12.6 Å². The highest BCUT2D eigenvalue weighted by Crippen LogP contribution is 2.33. The van der Waals surface area contributed by atoms with Crippen LogP contribution in [0.3, 0.4) is 0 Å². The first-order valence-electron chi connectivity index (χ1n) is 6.26. The summed E-state index contributed by atoms with van der Waals surface area (Å²) in [6.45, 7) is 8.35. The van der Waals surface area contributed by atoms with Gasteiger partial charge < -0.3 is 10.1 Å². The fraction of sp³-hybridized carbons (Fsp3) is 0.571. The van der Waals surface area contributed by atoms with Crippen molar-refractivity contribution in [2.45, 2.75) is 39.2 Å². The van der Waals surface area contributed by atoms with E-state index >= 15 is 0 Å². The first-order chi connectivity index (χ1) is 7.76. The van der Waals surface area contributed by atoms with E-state index in [0.717, 1.165) is 25.3 Å². The van der Waals surface area contributed by atoms with Crippen molar-refractivity contribution in [2.24, 2.45) is 0 Å². The summed E-state index contributed by atoms with van der Waals surface area (Å²) in [4.78, 5) is 0. The zero-order valence-electron chi connectivity index (χ0n) is 10.4. The minimum absolute atomic E-state index is 0.492. The maximum atomic E-state index is 5.57. The van der Waals surface area contributed by atoms with Crippen LogP contribution in [0, 0.1) is 0 Å². The number of nitrogens with one attached hydrogen (secondary N) is 1. The molecular formula is C14H21NO. The minimum atomic E-state index is 0.492. The van der Waals surface area contributed by atoms with Gasteiger partial charge >= 0.3 is 0 Å². The van der Waals surface area contributed by atoms with Crippen LogP contribution in [0.15, 0.2) is 18.2 Å². The largest absolute Gasteiger partial charge is 0.494 e. The molecule has 0 saturated carbocycles. The molecule has 1 heterocycles. The summed E-state index contributed by atoms with van der Waals surface area (Å²) >= 11 is 0. The van der Waals surface area contributed by atoms with Crippen molar-refractivity contribution in [3.63, 3.8) is 0 Å². The molecule has 0 saturated heterocycles. The van der Waals surface area contributed by atoms with Gasteiger partial charge in [-0.05, 0) is 42.5 Å². The summed E-state index contributed by atoms with van der Waals surface area (Å²) in [5.74, 6) is 1.60. The molecule has 0 aromatic heterocycles. The number of fused-ring (bicyclic) bond motifs is 1. The fourth-order valence-electron chi connectivity index (χ4n) is 2.46. The van der Waals surface area contributed by atoms with Crippen molar-refractivity contribution < 1.29 is 4.74 Å². The Morgan fingerprint density at radius 1 is 1.31 bits per heavy atom. The van der Waals surface area contributed by atoms with Gasteiger partial charge in [0.05, 0.1) is 6.61 Å². The van der Waals surface area contributed by atoms with E-state index < -0.39 is 0 Å². The Morgan fingerprint density at radius 2 is 2.12 bits per heavy atom. The summed E-state index contributed by atoms with van der Waals surface area (Å²) in [5.41, 5.74) is 2.90. The maximum Gasteiger partial charge on any atom is 0.119 e. The average molecular weight is 219 g/mol. The molecule has 1 N–H and O–H groups in total. The molecule has 0 spiro atoms. The summed E-state index contributed by atoms with van der Waals surface area (Å²) in [6, 6.07) is 7.02. The second-order valence-electron chi connectivity index (χ2n) is 4.49. The molecule has 16 heavy (non-hydrogen) atoms. The summed E-state index contributed by atoms with van der Waals surface area (Å²) in [7, 11) is 0. The first-order valence-corrected chi connectivity index (χ1v) is 6.26. The van der Waals surface area contributed by atoms with Crippen LogP contribution in [-0.2, 0) is 0 Å². The van der Waals surface area contributed by atoms with E-state index in [1.165, 1.54) is 11.1 Å². The molecule has 1 aromatic rings. The molecule has 2 atom stereocenters. The Kier molecular flexibility index (Phi) is 3.49. The fourth-order valence-corrected chi connectivity index (χ4v) is 2.46. The van der Waals surface area contributed by atoms with Crippen LogP contribution < -0.4 is 10.1 Å². The molecule has 0 fully saturated rings. The van der Waals surface area contributed by atoms with Gasteiger partial charge in [-0.1, -0.05) is 19.9 Å². The molecule has 0 amide bonds. The SMILES string of the molecule is CCOc1ccc2c(c1)C(CC)NCC2C. The summed E-state index contributed by atoms with van der Waals surface area (Å²) in [6.07, 6.45) is 1.13. The van der Waals surface area contributed by atoms with Gasteiger partial charge in [-0.2, -0.15) is 0 Å². The number of hydrogen-bond donors (Lipinski definition) is 1. The smallest absolute Gasteiger partial charge is 0.119 e. The maximum absolute atomic E-state index is 5.57. The van der Waals surface area contributed by atoms with Crippen LogP contribution in [-0.4, -0.2) is 13.2 Å². The molecule has 88 valence electrons. The normalized spacial score (nSPS) is 23.9. The van der Waals surface area contributed by atoms with E-state index in [0.29, 0.717) is 12.0 Å². The van der Waals surface area contributed by atoms with E-state index in [9.17, 15) is 0 Å². The third-order valence-corrected chi connectivity index (χ3v) is 3.35. The van der Waals surface area contributed by atoms with Crippen LogP contribution in [0.25, 0.3) is 0 Å². The second kappa shape index (κ2) is 4.88. The predicted octanol–water partition coefficient (Wildman–Crippen LogP) is 3.24. The molecule has 0 bridgehead atoms. The van der Waals surface area contributed by atoms with E-state index in [-0.39, 0.29) is 0 Å². The Bertz CT molecular complexity index is 362. The number of hydrogen-bond acceptors (Lipinski definition) is 2. The van der Waals surface area contributed by atoms with Gasteiger partial charge in [0.2, 0.25) is 0 Å². The predicted molar refractivity (Wildman–Crippen MR) is 67.1 cm³/mol. The van der Waals surface area contributed by atoms with Crippen molar-refractivity contribution in [1.82, 2.24) is 5.32 Å².